The highest BCUT2D eigenvalue weighted by molar-refractivity contribution is 7.22. The van der Waals surface area contributed by atoms with Crippen molar-refractivity contribution in [3.63, 3.8) is 0 Å². The number of amides is 4. The number of methoxy groups -OCH3 is 1. The largest absolute Gasteiger partial charge is 0.508 e. The van der Waals surface area contributed by atoms with E-state index in [0.29, 0.717) is 34.3 Å². The number of thiophene rings is 2. The average molecular weight is 767 g/mol. The summed E-state index contributed by atoms with van der Waals surface area (Å²) in [6, 6.07) is 16.3. The molecule has 10 nitrogen and oxygen atoms in total. The van der Waals surface area contributed by atoms with Crippen LogP contribution in [0.2, 0.25) is 5.02 Å². The molecule has 3 fully saturated rings. The van der Waals surface area contributed by atoms with Crippen LogP contribution in [-0.4, -0.2) is 50.5 Å². The molecule has 4 aliphatic rings. The number of carbonyl (C=O) groups is 4. The lowest BCUT2D eigenvalue weighted by atomic mass is 9.51. The number of carbonyl (C=O) groups excluding carboxylic acids is 4. The fourth-order valence-electron chi connectivity index (χ4n) is 9.47. The van der Waals surface area contributed by atoms with Gasteiger partial charge >= 0.3 is 0 Å². The third-order valence-electron chi connectivity index (χ3n) is 12.0. The number of aromatic hydroxyl groups is 1. The van der Waals surface area contributed by atoms with Crippen molar-refractivity contribution in [1.82, 2.24) is 14.7 Å². The maximum atomic E-state index is 15.1. The van der Waals surface area contributed by atoms with Crippen LogP contribution >= 0.6 is 34.3 Å². The average Bonchev–Trinajstić information content (AvgIpc) is 3.95. The van der Waals surface area contributed by atoms with Gasteiger partial charge in [0.1, 0.15) is 23.0 Å². The first-order valence-electron chi connectivity index (χ1n) is 17.5. The number of imide groups is 2. The molecule has 2 aliphatic heterocycles. The predicted octanol–water partition coefficient (Wildman–Crippen LogP) is 7.47. The van der Waals surface area contributed by atoms with Crippen molar-refractivity contribution in [1.29, 1.82) is 0 Å². The van der Waals surface area contributed by atoms with Gasteiger partial charge in [-0.2, -0.15) is 5.10 Å². The molecule has 9 rings (SSSR count). The zero-order chi connectivity index (χ0) is 37.1. The van der Waals surface area contributed by atoms with E-state index in [2.05, 4.69) is 0 Å². The molecule has 0 unspecified atom stereocenters. The highest BCUT2D eigenvalue weighted by atomic mass is 35.5. The van der Waals surface area contributed by atoms with Gasteiger partial charge in [0.25, 0.3) is 0 Å². The fourth-order valence-corrected chi connectivity index (χ4v) is 11.5. The molecule has 5 heterocycles. The molecule has 13 heteroatoms. The standard InChI is InChI=1S/C40H35ClN4O6S2/c1-19-26-14-20(41)7-12-31(26)53-35(19)29-17-32(43(3)42-29)45-37(48)28-16-27-23(34(40(28,2)39(45)50)24-9-8-21(51-4)15-30(24)46)10-11-25-33(27)38(49)44(36(25)47)18-22-6-5-13-52-22/h5-10,12-15,17,25,27-28,33-34,46H,11,16,18H2,1-4H3/t25-,27+,28-,33-,34+,40+/m0/s1. The molecule has 0 bridgehead atoms. The summed E-state index contributed by atoms with van der Waals surface area (Å²) in [5.74, 6) is -3.89. The van der Waals surface area contributed by atoms with Crippen LogP contribution in [0.4, 0.5) is 5.82 Å². The molecule has 2 saturated heterocycles. The number of likely N-dealkylation sites (tertiary alicyclic amines) is 1. The Kier molecular flexibility index (Phi) is 7.78. The summed E-state index contributed by atoms with van der Waals surface area (Å²) in [4.78, 5) is 62.4. The van der Waals surface area contributed by atoms with Crippen LogP contribution in [0.5, 0.6) is 11.5 Å². The maximum absolute atomic E-state index is 15.1. The van der Waals surface area contributed by atoms with E-state index in [1.165, 1.54) is 34.3 Å². The first-order valence-corrected chi connectivity index (χ1v) is 19.6. The van der Waals surface area contributed by atoms with Crippen LogP contribution in [0.15, 0.2) is 71.6 Å². The van der Waals surface area contributed by atoms with Crippen molar-refractivity contribution in [2.24, 2.45) is 36.1 Å². The summed E-state index contributed by atoms with van der Waals surface area (Å²) in [7, 11) is 3.22. The Morgan fingerprint density at radius 1 is 1.04 bits per heavy atom. The van der Waals surface area contributed by atoms with E-state index in [1.54, 1.807) is 48.2 Å². The third-order valence-corrected chi connectivity index (χ3v) is 14.4. The van der Waals surface area contributed by atoms with E-state index in [0.717, 1.165) is 31.0 Å². The lowest BCUT2D eigenvalue weighted by molar-refractivity contribution is -0.141. The molecule has 0 spiro atoms. The Balaban J connectivity index is 1.15. The second kappa shape index (κ2) is 12.1. The van der Waals surface area contributed by atoms with Crippen LogP contribution < -0.4 is 9.64 Å². The van der Waals surface area contributed by atoms with Gasteiger partial charge in [0, 0.05) is 45.3 Å². The number of halogens is 1. The molecule has 1 saturated carbocycles. The van der Waals surface area contributed by atoms with E-state index in [1.807, 2.05) is 48.7 Å². The van der Waals surface area contributed by atoms with Crippen LogP contribution in [0.25, 0.3) is 20.7 Å². The lowest BCUT2D eigenvalue weighted by Gasteiger charge is -2.49. The second-order valence-electron chi connectivity index (χ2n) is 14.6. The van der Waals surface area contributed by atoms with E-state index >= 15 is 4.79 Å². The minimum atomic E-state index is -1.32. The summed E-state index contributed by atoms with van der Waals surface area (Å²) in [5.41, 5.74) is 1.57. The number of allylic oxidation sites excluding steroid dienone is 2. The molecule has 53 heavy (non-hydrogen) atoms. The molecular formula is C40H35ClN4O6S2. The first-order chi connectivity index (χ1) is 25.4. The smallest absolute Gasteiger partial charge is 0.242 e. The van der Waals surface area contributed by atoms with Gasteiger partial charge in [0.05, 0.1) is 41.7 Å². The second-order valence-corrected chi connectivity index (χ2v) is 17.2. The number of phenols is 1. The van der Waals surface area contributed by atoms with Gasteiger partial charge < -0.3 is 9.84 Å². The van der Waals surface area contributed by atoms with Gasteiger partial charge in [0.15, 0.2) is 0 Å². The van der Waals surface area contributed by atoms with Gasteiger partial charge in [-0.3, -0.25) is 28.8 Å². The summed E-state index contributed by atoms with van der Waals surface area (Å²) in [6.07, 6.45) is 2.53. The molecule has 5 aromatic rings. The van der Waals surface area contributed by atoms with Crippen LogP contribution in [0.1, 0.15) is 41.7 Å². The number of hydrogen-bond acceptors (Lipinski definition) is 9. The van der Waals surface area contributed by atoms with E-state index < -0.39 is 46.8 Å². The van der Waals surface area contributed by atoms with Gasteiger partial charge in [-0.05, 0) is 79.3 Å². The van der Waals surface area contributed by atoms with E-state index in [-0.39, 0.29) is 30.5 Å². The van der Waals surface area contributed by atoms with Crippen LogP contribution in [0.3, 0.4) is 0 Å². The number of hydrogen-bond donors (Lipinski definition) is 1. The number of benzene rings is 2. The SMILES string of the molecule is COc1ccc([C@H]2C3=CC[C@@H]4C(=O)N(Cc5cccs5)C(=O)[C@@H]4[C@@H]3C[C@H]3C(=O)N(c4cc(-c5sc6ccc(Cl)cc6c5C)nn4C)C(=O)[C@@]23C)c(O)c1. The quantitative estimate of drug-likeness (QED) is 0.141. The lowest BCUT2D eigenvalue weighted by Crippen LogP contribution is -2.48. The topological polar surface area (TPSA) is 122 Å². The monoisotopic (exact) mass is 766 g/mol. The zero-order valence-electron chi connectivity index (χ0n) is 29.3. The molecular weight excluding hydrogens is 732 g/mol. The van der Waals surface area contributed by atoms with Gasteiger partial charge in [-0.25, -0.2) is 4.90 Å². The van der Waals surface area contributed by atoms with Crippen molar-refractivity contribution in [2.45, 2.75) is 39.2 Å². The maximum Gasteiger partial charge on any atom is 0.242 e. The summed E-state index contributed by atoms with van der Waals surface area (Å²) >= 11 is 9.37. The molecule has 0 radical (unpaired) electrons. The third kappa shape index (κ3) is 4.84. The molecule has 2 aromatic carbocycles. The Labute approximate surface area is 318 Å². The van der Waals surface area contributed by atoms with Crippen molar-refractivity contribution in [3.05, 3.63) is 92.7 Å². The number of ether oxygens (including phenoxy) is 1. The Morgan fingerprint density at radius 3 is 2.58 bits per heavy atom. The van der Waals surface area contributed by atoms with Crippen LogP contribution in [-0.2, 0) is 32.8 Å². The van der Waals surface area contributed by atoms with Crippen LogP contribution in [0, 0.1) is 36.0 Å². The van der Waals surface area contributed by atoms with E-state index in [9.17, 15) is 19.5 Å². The number of nitrogens with zero attached hydrogens (tertiary/aromatic N) is 4. The van der Waals surface area contributed by atoms with Crippen molar-refractivity contribution < 1.29 is 29.0 Å². The molecule has 4 amide bonds. The molecule has 2 aliphatic carbocycles. The summed E-state index contributed by atoms with van der Waals surface area (Å²) in [5, 5.41) is 19.9. The number of aryl methyl sites for hydroxylation is 2. The summed E-state index contributed by atoms with van der Waals surface area (Å²) in [6.45, 7) is 4.01. The Bertz CT molecular complexity index is 2430. The van der Waals surface area contributed by atoms with Crippen molar-refractivity contribution in [3.8, 4) is 22.1 Å². The minimum absolute atomic E-state index is 0.0759. The number of rotatable bonds is 6. The van der Waals surface area contributed by atoms with Gasteiger partial charge in [-0.1, -0.05) is 35.4 Å². The zero-order valence-corrected chi connectivity index (χ0v) is 31.7. The highest BCUT2D eigenvalue weighted by Gasteiger charge is 2.68. The molecule has 3 aromatic heterocycles. The normalized spacial score (nSPS) is 26.7. The number of anilines is 1. The number of aromatic nitrogens is 2. The number of phenolic OH excluding ortho intramolecular Hbond substituents is 1. The summed E-state index contributed by atoms with van der Waals surface area (Å²) < 4.78 is 7.99. The fraction of sp³-hybridized carbons (Fsp3) is 0.325. The first kappa shape index (κ1) is 34.0. The molecule has 270 valence electrons. The van der Waals surface area contributed by atoms with Crippen molar-refractivity contribution >= 4 is 73.8 Å². The minimum Gasteiger partial charge on any atom is -0.508 e. The molecule has 6 atom stereocenters. The molecule has 1 N–H and O–H groups in total. The Morgan fingerprint density at radius 2 is 1.85 bits per heavy atom. The van der Waals surface area contributed by atoms with Gasteiger partial charge in [0.2, 0.25) is 23.6 Å². The Hall–Kier alpha value is -4.78. The number of fused-ring (bicyclic) bond motifs is 5. The van der Waals surface area contributed by atoms with Gasteiger partial charge in [-0.15, -0.1) is 22.7 Å². The van der Waals surface area contributed by atoms with E-state index in [4.69, 9.17) is 21.4 Å². The highest BCUT2D eigenvalue weighted by Crippen LogP contribution is 2.64. The predicted molar refractivity (Wildman–Crippen MR) is 203 cm³/mol. The van der Waals surface area contributed by atoms with Crippen molar-refractivity contribution in [2.75, 3.05) is 12.0 Å².